The Kier molecular flexibility index (Phi) is 6.63. The molecule has 1 saturated heterocycles. The number of ether oxygens (including phenoxy) is 1. The van der Waals surface area contributed by atoms with E-state index in [1.54, 1.807) is 27.7 Å². The first-order chi connectivity index (χ1) is 13.1. The van der Waals surface area contributed by atoms with Gasteiger partial charge in [0.15, 0.2) is 0 Å². The Bertz CT molecular complexity index is 748. The van der Waals surface area contributed by atoms with Crippen molar-refractivity contribution in [2.24, 2.45) is 0 Å². The Balaban J connectivity index is 2.51. The van der Waals surface area contributed by atoms with Crippen LogP contribution in [-0.2, 0) is 20.2 Å². The van der Waals surface area contributed by atoms with Gasteiger partial charge in [-0.05, 0) is 72.1 Å². The lowest BCUT2D eigenvalue weighted by Crippen LogP contribution is -2.41. The van der Waals surface area contributed by atoms with Gasteiger partial charge in [0.05, 0.1) is 29.0 Å². The fourth-order valence-electron chi connectivity index (χ4n) is 2.92. The highest BCUT2D eigenvalue weighted by atomic mass is 19.4. The van der Waals surface area contributed by atoms with Gasteiger partial charge in [0.2, 0.25) is 0 Å². The van der Waals surface area contributed by atoms with E-state index in [2.05, 4.69) is 0 Å². The minimum Gasteiger partial charge on any atom is -0.398 e. The molecule has 29 heavy (non-hydrogen) atoms. The van der Waals surface area contributed by atoms with Crippen LogP contribution in [0.4, 0.5) is 17.6 Å². The third-order valence-corrected chi connectivity index (χ3v) is 5.19. The molecule has 162 valence electrons. The zero-order chi connectivity index (χ0) is 22.3. The summed E-state index contributed by atoms with van der Waals surface area (Å²) in [4.78, 5) is 0. The average molecular weight is 416 g/mol. The molecule has 0 bridgehead atoms. The Hall–Kier alpha value is -1.38. The maximum Gasteiger partial charge on any atom is 0.525 e. The van der Waals surface area contributed by atoms with Crippen molar-refractivity contribution < 1.29 is 31.6 Å². The van der Waals surface area contributed by atoms with Crippen molar-refractivity contribution in [3.63, 3.8) is 0 Å². The fraction of sp³-hybridized carbons (Fsp3) is 0.619. The second-order valence-electron chi connectivity index (χ2n) is 9.17. The molecule has 1 aliphatic rings. The fourth-order valence-corrected chi connectivity index (χ4v) is 2.92. The van der Waals surface area contributed by atoms with Gasteiger partial charge >= 0.3 is 13.3 Å². The third kappa shape index (κ3) is 5.61. The van der Waals surface area contributed by atoms with E-state index in [9.17, 15) is 13.2 Å². The van der Waals surface area contributed by atoms with Gasteiger partial charge in [-0.1, -0.05) is 18.2 Å². The predicted molar refractivity (Wildman–Crippen MR) is 106 cm³/mol. The topological polar surface area (TPSA) is 27.7 Å². The molecule has 1 aromatic rings. The van der Waals surface area contributed by atoms with Crippen LogP contribution in [0.3, 0.4) is 0 Å². The molecule has 2 rings (SSSR count). The van der Waals surface area contributed by atoms with E-state index < -0.39 is 41.4 Å². The van der Waals surface area contributed by atoms with Gasteiger partial charge in [-0.3, -0.25) is 0 Å². The highest BCUT2D eigenvalue weighted by Gasteiger charge is 2.53. The van der Waals surface area contributed by atoms with E-state index in [0.29, 0.717) is 0 Å². The average Bonchev–Trinajstić information content (AvgIpc) is 2.77. The number of rotatable bonds is 5. The summed E-state index contributed by atoms with van der Waals surface area (Å²) in [7, 11) is -1.38. The van der Waals surface area contributed by atoms with Crippen LogP contribution in [0.2, 0.25) is 0 Å². The van der Waals surface area contributed by atoms with Crippen LogP contribution in [0.5, 0.6) is 0 Å². The summed E-state index contributed by atoms with van der Waals surface area (Å²) in [6.07, 6.45) is -4.68. The molecule has 1 aliphatic heterocycles. The summed E-state index contributed by atoms with van der Waals surface area (Å²) in [6.45, 7) is 12.6. The summed E-state index contributed by atoms with van der Waals surface area (Å²) in [5.41, 5.74) is -4.26. The van der Waals surface area contributed by atoms with Crippen molar-refractivity contribution >= 4 is 12.7 Å². The minimum absolute atomic E-state index is 0.0535. The van der Waals surface area contributed by atoms with Gasteiger partial charge in [0, 0.05) is 0 Å². The molecule has 0 unspecified atom stereocenters. The standard InChI is InChI=1S/C21H29BF4O3/c1-18(2,3)27-13-12-15(14-10-8-9-11-16(14)21(24,25)26)17(23)22-28-19(4,5)20(6,7)29-22/h8-11H,12-13H2,1-7H3. The van der Waals surface area contributed by atoms with Crippen LogP contribution >= 0.6 is 0 Å². The Morgan fingerprint density at radius 2 is 1.52 bits per heavy atom. The first-order valence-electron chi connectivity index (χ1n) is 9.60. The zero-order valence-corrected chi connectivity index (χ0v) is 18.0. The SMILES string of the molecule is CC(C)(C)OCCC(=C(F)B1OC(C)(C)C(C)(C)O1)c1ccccc1C(F)(F)F. The number of hydrogen-bond donors (Lipinski definition) is 0. The van der Waals surface area contributed by atoms with E-state index in [1.165, 1.54) is 18.2 Å². The van der Waals surface area contributed by atoms with E-state index in [1.807, 2.05) is 20.8 Å². The lowest BCUT2D eigenvalue weighted by Gasteiger charge is -2.32. The van der Waals surface area contributed by atoms with Crippen molar-refractivity contribution in [3.8, 4) is 0 Å². The van der Waals surface area contributed by atoms with Crippen LogP contribution in [0.25, 0.3) is 5.57 Å². The lowest BCUT2D eigenvalue weighted by atomic mass is 9.81. The summed E-state index contributed by atoms with van der Waals surface area (Å²) >= 11 is 0. The van der Waals surface area contributed by atoms with Gasteiger partial charge in [-0.25, -0.2) is 4.39 Å². The minimum atomic E-state index is -4.62. The van der Waals surface area contributed by atoms with E-state index in [-0.39, 0.29) is 24.2 Å². The summed E-state index contributed by atoms with van der Waals surface area (Å²) in [6, 6.07) is 4.94. The van der Waals surface area contributed by atoms with E-state index in [0.717, 1.165) is 6.07 Å². The molecule has 1 aromatic carbocycles. The number of halogens is 4. The molecule has 0 amide bonds. The first kappa shape index (κ1) is 23.9. The zero-order valence-electron chi connectivity index (χ0n) is 18.0. The van der Waals surface area contributed by atoms with Crippen LogP contribution in [0.1, 0.15) is 66.0 Å². The molecule has 3 nitrogen and oxygen atoms in total. The number of hydrogen-bond acceptors (Lipinski definition) is 3. The number of alkyl halides is 3. The Labute approximate surface area is 170 Å². The molecule has 0 radical (unpaired) electrons. The molecular formula is C21H29BF4O3. The third-order valence-electron chi connectivity index (χ3n) is 5.19. The van der Waals surface area contributed by atoms with Gasteiger partial charge in [0.25, 0.3) is 0 Å². The van der Waals surface area contributed by atoms with Crippen molar-refractivity contribution in [2.45, 2.75) is 77.9 Å². The van der Waals surface area contributed by atoms with E-state index in [4.69, 9.17) is 14.0 Å². The summed E-state index contributed by atoms with van der Waals surface area (Å²) in [5.74, 6) is 0. The molecule has 0 aliphatic carbocycles. The highest BCUT2D eigenvalue weighted by molar-refractivity contribution is 6.55. The van der Waals surface area contributed by atoms with E-state index >= 15 is 4.39 Å². The monoisotopic (exact) mass is 416 g/mol. The van der Waals surface area contributed by atoms with Crippen LogP contribution in [0.15, 0.2) is 30.0 Å². The highest BCUT2D eigenvalue weighted by Crippen LogP contribution is 2.42. The second-order valence-corrected chi connectivity index (χ2v) is 9.17. The number of benzene rings is 1. The molecule has 0 saturated carbocycles. The summed E-state index contributed by atoms with van der Waals surface area (Å²) in [5, 5.41) is 0. The maximum atomic E-state index is 15.5. The van der Waals surface area contributed by atoms with Crippen LogP contribution in [-0.4, -0.2) is 30.5 Å². The molecule has 0 N–H and O–H groups in total. The van der Waals surface area contributed by atoms with Crippen LogP contribution < -0.4 is 0 Å². The molecule has 0 aromatic heterocycles. The van der Waals surface area contributed by atoms with Gasteiger partial charge < -0.3 is 14.0 Å². The quantitative estimate of drug-likeness (QED) is 0.421. The predicted octanol–water partition coefficient (Wildman–Crippen LogP) is 6.22. The molecular weight excluding hydrogens is 387 g/mol. The van der Waals surface area contributed by atoms with Gasteiger partial charge in [0.1, 0.15) is 5.73 Å². The smallest absolute Gasteiger partial charge is 0.398 e. The molecule has 0 atom stereocenters. The molecule has 1 heterocycles. The van der Waals surface area contributed by atoms with Crippen molar-refractivity contribution in [2.75, 3.05) is 6.61 Å². The summed E-state index contributed by atoms with van der Waals surface area (Å²) < 4.78 is 73.3. The van der Waals surface area contributed by atoms with Crippen LogP contribution in [0, 0.1) is 0 Å². The Morgan fingerprint density at radius 3 is 2.00 bits per heavy atom. The van der Waals surface area contributed by atoms with Crippen molar-refractivity contribution in [1.29, 1.82) is 0 Å². The molecule has 8 heteroatoms. The second kappa shape index (κ2) is 8.04. The maximum absolute atomic E-state index is 15.5. The Morgan fingerprint density at radius 1 is 1.00 bits per heavy atom. The van der Waals surface area contributed by atoms with Crippen molar-refractivity contribution in [3.05, 3.63) is 41.1 Å². The van der Waals surface area contributed by atoms with Gasteiger partial charge in [-0.15, -0.1) is 0 Å². The molecule has 1 fully saturated rings. The largest absolute Gasteiger partial charge is 0.525 e. The van der Waals surface area contributed by atoms with Crippen molar-refractivity contribution in [1.82, 2.24) is 0 Å². The van der Waals surface area contributed by atoms with Gasteiger partial charge in [-0.2, -0.15) is 13.2 Å². The molecule has 0 spiro atoms. The lowest BCUT2D eigenvalue weighted by molar-refractivity contribution is -0.137. The normalized spacial score (nSPS) is 20.0. The first-order valence-corrected chi connectivity index (χ1v) is 9.60.